The molecule has 0 aromatic carbocycles. The first-order valence-corrected chi connectivity index (χ1v) is 10.1. The van der Waals surface area contributed by atoms with E-state index in [2.05, 4.69) is 19.6 Å². The number of aromatic nitrogens is 3. The summed E-state index contributed by atoms with van der Waals surface area (Å²) in [6.07, 6.45) is -0.236. The van der Waals surface area contributed by atoms with Crippen LogP contribution in [0.1, 0.15) is 12.1 Å². The van der Waals surface area contributed by atoms with Crippen LogP contribution in [0.4, 0.5) is 0 Å². The molecule has 4 rings (SSSR count). The van der Waals surface area contributed by atoms with Crippen LogP contribution < -0.4 is 11.4 Å². The molecule has 2 bridgehead atoms. The van der Waals surface area contributed by atoms with Crippen molar-refractivity contribution in [2.24, 2.45) is 7.05 Å². The summed E-state index contributed by atoms with van der Waals surface area (Å²) in [5.74, 6) is 0. The molecule has 0 fully saturated rings. The van der Waals surface area contributed by atoms with Crippen molar-refractivity contribution in [2.45, 2.75) is 43.9 Å². The molecule has 0 saturated carbocycles. The number of nitrogens with zero attached hydrogens (tertiary/aromatic N) is 3. The Balaban J connectivity index is 2.35. The second-order valence-corrected chi connectivity index (χ2v) is 11.7. The van der Waals surface area contributed by atoms with Gasteiger partial charge in [0.15, 0.2) is 0 Å². The molecule has 4 atom stereocenters. The minimum atomic E-state index is -1.78. The van der Waals surface area contributed by atoms with Crippen LogP contribution in [-0.4, -0.2) is 44.4 Å². The number of aliphatic hydroxyl groups excluding tert-OH is 2. The highest BCUT2D eigenvalue weighted by molar-refractivity contribution is 6.83. The summed E-state index contributed by atoms with van der Waals surface area (Å²) in [6.45, 7) is 6.36. The van der Waals surface area contributed by atoms with E-state index in [9.17, 15) is 19.8 Å². The van der Waals surface area contributed by atoms with Gasteiger partial charge in [-0.1, -0.05) is 30.9 Å². The van der Waals surface area contributed by atoms with Crippen LogP contribution in [-0.2, 0) is 7.05 Å². The first-order valence-electron chi connectivity index (χ1n) is 6.64. The predicted octanol–water partition coefficient (Wildman–Crippen LogP) is -1.02. The van der Waals surface area contributed by atoms with E-state index >= 15 is 0 Å². The van der Waals surface area contributed by atoms with Crippen molar-refractivity contribution in [2.75, 3.05) is 0 Å². The van der Waals surface area contributed by atoms with Crippen LogP contribution in [0.25, 0.3) is 0 Å². The van der Waals surface area contributed by atoms with E-state index in [1.165, 1.54) is 16.4 Å². The molecule has 8 heteroatoms. The zero-order valence-corrected chi connectivity index (χ0v) is 12.9. The first-order chi connectivity index (χ1) is 9.16. The first kappa shape index (κ1) is 13.6. The molecule has 0 saturated heterocycles. The number of hydrogen-bond donors (Lipinski definition) is 2. The van der Waals surface area contributed by atoms with Crippen LogP contribution in [0.2, 0.25) is 19.6 Å². The van der Waals surface area contributed by atoms with Crippen molar-refractivity contribution in [1.29, 1.82) is 0 Å². The predicted molar refractivity (Wildman–Crippen MR) is 75.4 cm³/mol. The number of hydrogen-bond acceptors (Lipinski definition) is 4. The van der Waals surface area contributed by atoms with Crippen LogP contribution in [0.5, 0.6) is 0 Å². The van der Waals surface area contributed by atoms with Gasteiger partial charge in [-0.2, -0.15) is 0 Å². The molecule has 0 amide bonds. The van der Waals surface area contributed by atoms with Crippen LogP contribution >= 0.6 is 0 Å². The Bertz CT molecular complexity index is 721. The molecule has 20 heavy (non-hydrogen) atoms. The number of aliphatic hydroxyl groups is 2. The van der Waals surface area contributed by atoms with E-state index in [4.69, 9.17) is 0 Å². The zero-order chi connectivity index (χ0) is 15.0. The van der Waals surface area contributed by atoms with E-state index in [0.717, 1.165) is 9.76 Å². The summed E-state index contributed by atoms with van der Waals surface area (Å²) in [5.41, 5.74) is -0.901. The summed E-state index contributed by atoms with van der Waals surface area (Å²) in [5, 5.41) is 21.5. The lowest BCUT2D eigenvalue weighted by molar-refractivity contribution is -0.0666. The molecule has 2 N–H and O–H groups in total. The molecule has 0 spiro atoms. The van der Waals surface area contributed by atoms with E-state index in [1.807, 2.05) is 6.08 Å². The van der Waals surface area contributed by atoms with Gasteiger partial charge in [0.2, 0.25) is 0 Å². The van der Waals surface area contributed by atoms with Gasteiger partial charge >= 0.3 is 11.4 Å². The third-order valence-corrected chi connectivity index (χ3v) is 6.50. The Hall–Kier alpha value is -1.38. The SMILES string of the molecule is Cn1c(=O)n2n(c1=O)[C@H]1C([Si](C)(C)C)=C[C@H]2[C@@H](O)[C@H]1O. The van der Waals surface area contributed by atoms with Crippen molar-refractivity contribution < 1.29 is 10.2 Å². The van der Waals surface area contributed by atoms with Crippen LogP contribution in [0, 0.1) is 0 Å². The Morgan fingerprint density at radius 3 is 2.15 bits per heavy atom. The monoisotopic (exact) mass is 297 g/mol. The molecule has 7 nitrogen and oxygen atoms in total. The van der Waals surface area contributed by atoms with Crippen molar-refractivity contribution >= 4 is 8.07 Å². The largest absolute Gasteiger partial charge is 0.388 e. The summed E-state index contributed by atoms with van der Waals surface area (Å²) in [6, 6.07) is -1.30. The molecule has 1 aromatic heterocycles. The minimum Gasteiger partial charge on any atom is -0.388 e. The quantitative estimate of drug-likeness (QED) is 0.650. The molecule has 1 aliphatic carbocycles. The highest BCUT2D eigenvalue weighted by atomic mass is 28.3. The van der Waals surface area contributed by atoms with Gasteiger partial charge in [0, 0.05) is 7.05 Å². The fourth-order valence-corrected chi connectivity index (χ4v) is 5.09. The van der Waals surface area contributed by atoms with E-state index < -0.39 is 43.7 Å². The maximum absolute atomic E-state index is 12.2. The lowest BCUT2D eigenvalue weighted by atomic mass is 9.90. The molecule has 3 heterocycles. The fourth-order valence-electron chi connectivity index (χ4n) is 3.24. The van der Waals surface area contributed by atoms with Gasteiger partial charge in [-0.15, -0.1) is 0 Å². The highest BCUT2D eigenvalue weighted by Gasteiger charge is 2.51. The molecule has 2 aliphatic heterocycles. The van der Waals surface area contributed by atoms with Crippen LogP contribution in [0.15, 0.2) is 20.9 Å². The van der Waals surface area contributed by atoms with Crippen molar-refractivity contribution in [3.05, 3.63) is 32.2 Å². The molecule has 1 aromatic rings. The van der Waals surface area contributed by atoms with Gasteiger partial charge in [-0.3, -0.25) is 0 Å². The van der Waals surface area contributed by atoms with E-state index in [-0.39, 0.29) is 0 Å². The second-order valence-electron chi connectivity index (χ2n) is 6.60. The standard InChI is InChI=1S/C12H19N3O4Si/c1-13-11(18)14-6-5-7(20(2,3)4)8(10(17)9(6)16)15(14)12(13)19/h5-6,8-10,16-17H,1-4H3/t6-,8-,9+,10-/m0/s1. The average molecular weight is 297 g/mol. The minimum absolute atomic E-state index is 0.445. The Labute approximate surface area is 116 Å². The Morgan fingerprint density at radius 2 is 1.60 bits per heavy atom. The van der Waals surface area contributed by atoms with E-state index in [1.54, 1.807) is 0 Å². The fraction of sp³-hybridized carbons (Fsp3) is 0.667. The van der Waals surface area contributed by atoms with Crippen molar-refractivity contribution in [1.82, 2.24) is 13.9 Å². The topological polar surface area (TPSA) is 89.4 Å². The Morgan fingerprint density at radius 1 is 1.05 bits per heavy atom. The van der Waals surface area contributed by atoms with Gasteiger partial charge in [-0.05, 0) is 0 Å². The number of rotatable bonds is 1. The van der Waals surface area contributed by atoms with E-state index in [0.29, 0.717) is 0 Å². The van der Waals surface area contributed by atoms with Gasteiger partial charge in [0.05, 0.1) is 8.07 Å². The Kier molecular flexibility index (Phi) is 2.61. The maximum atomic E-state index is 12.2. The van der Waals surface area contributed by atoms with Gasteiger partial charge in [0.1, 0.15) is 24.3 Å². The molecule has 0 unspecified atom stereocenters. The summed E-state index contributed by atoms with van der Waals surface area (Å²) in [7, 11) is -0.363. The molecular weight excluding hydrogens is 278 g/mol. The van der Waals surface area contributed by atoms with Gasteiger partial charge in [-0.25, -0.2) is 23.5 Å². The highest BCUT2D eigenvalue weighted by Crippen LogP contribution is 2.42. The smallest absolute Gasteiger partial charge is 0.347 e. The lowest BCUT2D eigenvalue weighted by Gasteiger charge is -2.47. The third-order valence-electron chi connectivity index (χ3n) is 4.30. The molecule has 0 radical (unpaired) electrons. The molecule has 110 valence electrons. The third kappa shape index (κ3) is 1.46. The summed E-state index contributed by atoms with van der Waals surface area (Å²) in [4.78, 5) is 24.4. The number of fused-ring (bicyclic) bond motifs is 1. The van der Waals surface area contributed by atoms with Gasteiger partial charge in [0.25, 0.3) is 0 Å². The summed E-state index contributed by atoms with van der Waals surface area (Å²) >= 11 is 0. The summed E-state index contributed by atoms with van der Waals surface area (Å²) < 4.78 is 3.61. The van der Waals surface area contributed by atoms with Crippen molar-refractivity contribution in [3.63, 3.8) is 0 Å². The maximum Gasteiger partial charge on any atom is 0.347 e. The second kappa shape index (κ2) is 3.83. The molecular formula is C12H19N3O4Si. The average Bonchev–Trinajstić information content (AvgIpc) is 2.59. The van der Waals surface area contributed by atoms with Gasteiger partial charge < -0.3 is 10.2 Å². The molecule has 3 aliphatic rings. The zero-order valence-electron chi connectivity index (χ0n) is 11.9. The lowest BCUT2D eigenvalue weighted by Crippen LogP contribution is -2.58. The normalized spacial score (nSPS) is 32.2. The van der Waals surface area contributed by atoms with Crippen LogP contribution in [0.3, 0.4) is 0 Å². The van der Waals surface area contributed by atoms with Crippen molar-refractivity contribution in [3.8, 4) is 0 Å².